The minimum absolute atomic E-state index is 0.0313. The molecule has 0 aromatic heterocycles. The van der Waals surface area contributed by atoms with Crippen LogP contribution in [0.15, 0.2) is 29.2 Å². The molecule has 0 radical (unpaired) electrons. The zero-order valence-corrected chi connectivity index (χ0v) is 18.5. The number of hydrogen-bond donors (Lipinski definition) is 3. The number of alkyl carbamates (subject to hydrolysis) is 1. The number of primary amides is 1. The highest BCUT2D eigenvalue weighted by molar-refractivity contribution is 7.90. The Hall–Kier alpha value is -2.62. The van der Waals surface area contributed by atoms with Crippen LogP contribution in [0.5, 0.6) is 0 Å². The number of rotatable bonds is 8. The topological polar surface area (TPSA) is 145 Å². The number of carbonyl (C=O) groups is 3. The third kappa shape index (κ3) is 6.72. The Morgan fingerprint density at radius 3 is 2.17 bits per heavy atom. The number of nitrogens with one attached hydrogen (secondary N) is 2. The number of sulfone groups is 1. The van der Waals surface area contributed by atoms with Gasteiger partial charge in [0.2, 0.25) is 11.8 Å². The lowest BCUT2D eigenvalue weighted by Crippen LogP contribution is -2.51. The van der Waals surface area contributed by atoms with Gasteiger partial charge in [-0.1, -0.05) is 12.1 Å². The lowest BCUT2D eigenvalue weighted by Gasteiger charge is -2.25. The average molecular weight is 440 g/mol. The van der Waals surface area contributed by atoms with Crippen molar-refractivity contribution < 1.29 is 27.5 Å². The molecule has 0 aliphatic heterocycles. The van der Waals surface area contributed by atoms with Crippen molar-refractivity contribution in [3.05, 3.63) is 29.8 Å². The van der Waals surface area contributed by atoms with Crippen molar-refractivity contribution in [3.8, 4) is 0 Å². The Morgan fingerprint density at radius 1 is 1.17 bits per heavy atom. The second-order valence-electron chi connectivity index (χ2n) is 8.57. The molecule has 1 saturated carbocycles. The summed E-state index contributed by atoms with van der Waals surface area (Å²) in [5, 5.41) is 5.42. The van der Waals surface area contributed by atoms with Gasteiger partial charge in [-0.2, -0.15) is 0 Å². The number of carbonyl (C=O) groups excluding carboxylic acids is 3. The predicted octanol–water partition coefficient (Wildman–Crippen LogP) is 1.35. The fraction of sp³-hybridized carbons (Fsp3) is 0.550. The minimum atomic E-state index is -3.32. The summed E-state index contributed by atoms with van der Waals surface area (Å²) in [6.07, 6.45) is 1.66. The summed E-state index contributed by atoms with van der Waals surface area (Å²) in [6, 6.07) is 5.34. The van der Waals surface area contributed by atoms with Gasteiger partial charge in [-0.15, -0.1) is 0 Å². The van der Waals surface area contributed by atoms with Gasteiger partial charge in [-0.3, -0.25) is 9.59 Å². The van der Waals surface area contributed by atoms with Crippen molar-refractivity contribution in [2.75, 3.05) is 6.26 Å². The standard InChI is InChI=1S/C20H29N3O6S/c1-19(2,3)29-18(26)22-15(9-10-16(21)24)17(25)23-20(11-12-20)13-5-7-14(8-6-13)30(4,27)28/h5-8,15H,9-12H2,1-4H3,(H2,21,24)(H,22,26)(H,23,25). The van der Waals surface area contributed by atoms with Gasteiger partial charge in [-0.25, -0.2) is 13.2 Å². The molecule has 0 bridgehead atoms. The molecule has 4 N–H and O–H groups in total. The van der Waals surface area contributed by atoms with E-state index in [1.807, 2.05) is 0 Å². The van der Waals surface area contributed by atoms with Crippen LogP contribution in [0.4, 0.5) is 4.79 Å². The van der Waals surface area contributed by atoms with E-state index in [2.05, 4.69) is 10.6 Å². The molecule has 0 heterocycles. The first-order valence-electron chi connectivity index (χ1n) is 9.62. The lowest BCUT2D eigenvalue weighted by atomic mass is 10.0. The smallest absolute Gasteiger partial charge is 0.408 e. The minimum Gasteiger partial charge on any atom is -0.444 e. The number of ether oxygens (including phenoxy) is 1. The van der Waals surface area contributed by atoms with Crippen molar-refractivity contribution in [3.63, 3.8) is 0 Å². The third-order valence-corrected chi connectivity index (χ3v) is 5.76. The van der Waals surface area contributed by atoms with E-state index in [0.29, 0.717) is 12.8 Å². The Kier molecular flexibility index (Phi) is 6.80. The van der Waals surface area contributed by atoms with Gasteiger partial charge in [0.1, 0.15) is 11.6 Å². The number of nitrogens with two attached hydrogens (primary N) is 1. The Bertz CT molecular complexity index is 915. The first-order valence-corrected chi connectivity index (χ1v) is 11.5. The normalized spacial score (nSPS) is 16.3. The molecule has 1 aliphatic rings. The second-order valence-corrected chi connectivity index (χ2v) is 10.6. The van der Waals surface area contributed by atoms with Crippen molar-refractivity contribution >= 4 is 27.7 Å². The maximum Gasteiger partial charge on any atom is 0.408 e. The zero-order valence-electron chi connectivity index (χ0n) is 17.7. The SMILES string of the molecule is CC(C)(C)OC(=O)NC(CCC(N)=O)C(=O)NC1(c2ccc(S(C)(=O)=O)cc2)CC1. The van der Waals surface area contributed by atoms with Crippen LogP contribution in [0.25, 0.3) is 0 Å². The summed E-state index contributed by atoms with van der Waals surface area (Å²) in [7, 11) is -3.32. The molecular weight excluding hydrogens is 410 g/mol. The van der Waals surface area contributed by atoms with Crippen molar-refractivity contribution in [2.24, 2.45) is 5.73 Å². The summed E-state index contributed by atoms with van der Waals surface area (Å²) in [4.78, 5) is 36.4. The fourth-order valence-electron chi connectivity index (χ4n) is 2.96. The van der Waals surface area contributed by atoms with Crippen LogP contribution >= 0.6 is 0 Å². The second kappa shape index (κ2) is 8.63. The highest BCUT2D eigenvalue weighted by Crippen LogP contribution is 2.45. The van der Waals surface area contributed by atoms with E-state index in [4.69, 9.17) is 10.5 Å². The Balaban J connectivity index is 2.13. The molecule has 0 spiro atoms. The predicted molar refractivity (Wildman–Crippen MR) is 110 cm³/mol. The molecule has 166 valence electrons. The lowest BCUT2D eigenvalue weighted by molar-refractivity contribution is -0.124. The summed E-state index contributed by atoms with van der Waals surface area (Å²) >= 11 is 0. The van der Waals surface area contributed by atoms with Crippen LogP contribution in [-0.4, -0.2) is 44.2 Å². The van der Waals surface area contributed by atoms with Crippen LogP contribution < -0.4 is 16.4 Å². The van der Waals surface area contributed by atoms with E-state index in [0.717, 1.165) is 11.8 Å². The van der Waals surface area contributed by atoms with E-state index < -0.39 is 44.9 Å². The van der Waals surface area contributed by atoms with Gasteiger partial charge in [-0.05, 0) is 57.7 Å². The van der Waals surface area contributed by atoms with Crippen molar-refractivity contribution in [2.45, 2.75) is 68.5 Å². The van der Waals surface area contributed by atoms with Gasteiger partial charge < -0.3 is 21.1 Å². The van der Waals surface area contributed by atoms with E-state index >= 15 is 0 Å². The Labute approximate surface area is 176 Å². The summed E-state index contributed by atoms with van der Waals surface area (Å²) in [5.74, 6) is -1.05. The summed E-state index contributed by atoms with van der Waals surface area (Å²) in [6.45, 7) is 5.10. The van der Waals surface area contributed by atoms with Gasteiger partial charge in [0.25, 0.3) is 0 Å². The quantitative estimate of drug-likeness (QED) is 0.558. The maximum absolute atomic E-state index is 12.9. The van der Waals surface area contributed by atoms with E-state index in [-0.39, 0.29) is 17.7 Å². The molecule has 1 aromatic carbocycles. The zero-order chi connectivity index (χ0) is 22.7. The van der Waals surface area contributed by atoms with Crippen molar-refractivity contribution in [1.29, 1.82) is 0 Å². The fourth-order valence-corrected chi connectivity index (χ4v) is 3.59. The molecule has 1 aliphatic carbocycles. The molecule has 9 nitrogen and oxygen atoms in total. The summed E-state index contributed by atoms with van der Waals surface area (Å²) in [5.41, 5.74) is 4.59. The molecule has 1 aromatic rings. The van der Waals surface area contributed by atoms with Crippen LogP contribution in [0, 0.1) is 0 Å². The first kappa shape index (κ1) is 23.7. The van der Waals surface area contributed by atoms with Gasteiger partial charge in [0, 0.05) is 12.7 Å². The third-order valence-electron chi connectivity index (χ3n) is 4.63. The number of hydrogen-bond acceptors (Lipinski definition) is 6. The molecule has 1 unspecified atom stereocenters. The van der Waals surface area contributed by atoms with Gasteiger partial charge in [0.15, 0.2) is 9.84 Å². The molecule has 30 heavy (non-hydrogen) atoms. The monoisotopic (exact) mass is 439 g/mol. The van der Waals surface area contributed by atoms with Crippen LogP contribution in [-0.2, 0) is 29.7 Å². The Morgan fingerprint density at radius 2 is 1.73 bits per heavy atom. The van der Waals surface area contributed by atoms with Crippen LogP contribution in [0.3, 0.4) is 0 Å². The van der Waals surface area contributed by atoms with Gasteiger partial charge in [0.05, 0.1) is 10.4 Å². The van der Waals surface area contributed by atoms with E-state index in [1.165, 1.54) is 12.1 Å². The molecule has 2 rings (SSSR count). The largest absolute Gasteiger partial charge is 0.444 e. The van der Waals surface area contributed by atoms with E-state index in [1.54, 1.807) is 32.9 Å². The highest BCUT2D eigenvalue weighted by Gasteiger charge is 2.46. The molecule has 3 amide bonds. The van der Waals surface area contributed by atoms with E-state index in [9.17, 15) is 22.8 Å². The molecule has 1 atom stereocenters. The first-order chi connectivity index (χ1) is 13.7. The molecule has 1 fully saturated rings. The van der Waals surface area contributed by atoms with Gasteiger partial charge >= 0.3 is 6.09 Å². The molecule has 10 heteroatoms. The van der Waals surface area contributed by atoms with Crippen molar-refractivity contribution in [1.82, 2.24) is 10.6 Å². The number of benzene rings is 1. The maximum atomic E-state index is 12.9. The van der Waals surface area contributed by atoms with Crippen LogP contribution in [0.2, 0.25) is 0 Å². The number of amides is 3. The average Bonchev–Trinajstić information content (AvgIpc) is 3.36. The molecular formula is C20H29N3O6S. The summed E-state index contributed by atoms with van der Waals surface area (Å²) < 4.78 is 28.5. The van der Waals surface area contributed by atoms with Crippen LogP contribution in [0.1, 0.15) is 52.0 Å². The highest BCUT2D eigenvalue weighted by atomic mass is 32.2. The molecule has 0 saturated heterocycles.